The van der Waals surface area contributed by atoms with Gasteiger partial charge in [0, 0.05) is 22.0 Å². The van der Waals surface area contributed by atoms with E-state index in [0.29, 0.717) is 0 Å². The minimum Gasteiger partial charge on any atom is -0.181 e. The first-order chi connectivity index (χ1) is 3.41. The van der Waals surface area contributed by atoms with Crippen LogP contribution in [0.1, 0.15) is 0 Å². The van der Waals surface area contributed by atoms with Crippen molar-refractivity contribution in [2.75, 3.05) is 6.26 Å². The first-order valence-electron chi connectivity index (χ1n) is 1.42. The van der Waals surface area contributed by atoms with Crippen molar-refractivity contribution in [1.82, 2.24) is 9.66 Å². The molecule has 0 aromatic rings. The van der Waals surface area contributed by atoms with Crippen molar-refractivity contribution in [1.29, 1.82) is 0 Å². The molecule has 0 radical (unpaired) electrons. The smallest absolute Gasteiger partial charge is 0.00417 e. The second-order valence-electron chi connectivity index (χ2n) is 0.545. The Morgan fingerprint density at radius 1 is 1.43 bits per heavy atom. The lowest BCUT2D eigenvalue weighted by Crippen LogP contribution is -2.13. The van der Waals surface area contributed by atoms with Crippen molar-refractivity contribution < 1.29 is 0 Å². The molecule has 2 nitrogen and oxygen atoms in total. The monoisotopic (exact) mass is 174 g/mol. The van der Waals surface area contributed by atoms with E-state index in [2.05, 4.69) is 21.3 Å². The maximum atomic E-state index is 3.81. The molecule has 0 aromatic heterocycles. The summed E-state index contributed by atoms with van der Waals surface area (Å²) in [7, 11) is 4.40. The highest BCUT2D eigenvalue weighted by Crippen LogP contribution is 2.10. The number of hydrogen-bond donors (Lipinski definition) is 3. The Bertz CT molecular complexity index is 28.9. The quantitative estimate of drug-likeness (QED) is 0.197. The van der Waals surface area contributed by atoms with E-state index in [4.69, 9.17) is 0 Å². The van der Waals surface area contributed by atoms with Gasteiger partial charge in [0.15, 0.2) is 0 Å². The average molecular weight is 174 g/mol. The van der Waals surface area contributed by atoms with Crippen LogP contribution in [0.2, 0.25) is 0 Å². The molecule has 0 heterocycles. The number of hydrogen-bond acceptors (Lipinski definition) is 6. The van der Waals surface area contributed by atoms with E-state index in [1.807, 2.05) is 6.26 Å². The first-order valence-corrected chi connectivity index (χ1v) is 5.84. The third-order valence-corrected chi connectivity index (χ3v) is 1.91. The van der Waals surface area contributed by atoms with Gasteiger partial charge in [-0.15, -0.1) is 0 Å². The molecule has 44 valence electrons. The molecule has 7 heavy (non-hydrogen) atoms. The van der Waals surface area contributed by atoms with Crippen molar-refractivity contribution in [3.8, 4) is 0 Å². The molecule has 0 amide bonds. The zero-order chi connectivity index (χ0) is 5.54. The molecule has 0 spiro atoms. The van der Waals surface area contributed by atoms with Crippen LogP contribution < -0.4 is 9.66 Å². The molecule has 0 aromatic carbocycles. The highest BCUT2D eigenvalue weighted by Gasteiger charge is 1.76. The Morgan fingerprint density at radius 2 is 2.14 bits per heavy atom. The molecule has 0 aliphatic heterocycles. The lowest BCUT2D eigenvalue weighted by atomic mass is 12.0. The van der Waals surface area contributed by atoms with Gasteiger partial charge in [-0.25, -0.2) is 0 Å². The summed E-state index contributed by atoms with van der Waals surface area (Å²) in [6.45, 7) is 0. The Hall–Kier alpha value is 1.32. The van der Waals surface area contributed by atoms with Crippen LogP contribution in [0.25, 0.3) is 0 Å². The average Bonchev–Trinajstić information content (AvgIpc) is 1.69. The second-order valence-corrected chi connectivity index (χ2v) is 3.68. The molecule has 2 N–H and O–H groups in total. The van der Waals surface area contributed by atoms with Crippen LogP contribution in [0.4, 0.5) is 0 Å². The van der Waals surface area contributed by atoms with E-state index in [9.17, 15) is 0 Å². The van der Waals surface area contributed by atoms with Crippen LogP contribution in [0, 0.1) is 0 Å². The van der Waals surface area contributed by atoms with Gasteiger partial charge in [0.1, 0.15) is 0 Å². The first kappa shape index (κ1) is 8.32. The molecule has 0 atom stereocenters. The largest absolute Gasteiger partial charge is 0.181 e. The molecular weight excluding hydrogens is 168 g/mol. The Kier molecular flexibility index (Phi) is 8.70. The van der Waals surface area contributed by atoms with E-state index in [1.165, 1.54) is 22.0 Å². The molecule has 0 bridgehead atoms. The van der Waals surface area contributed by atoms with Crippen LogP contribution in [-0.2, 0) is 0 Å². The molecule has 0 aliphatic carbocycles. The van der Waals surface area contributed by atoms with E-state index in [-0.39, 0.29) is 0 Å². The summed E-state index contributed by atoms with van der Waals surface area (Å²) >= 11 is 3.81. The minimum absolute atomic E-state index is 1.24. The highest BCUT2D eigenvalue weighted by molar-refractivity contribution is 8.76. The van der Waals surface area contributed by atoms with Crippen LogP contribution in [0.15, 0.2) is 0 Å². The van der Waals surface area contributed by atoms with Crippen LogP contribution in [0.5, 0.6) is 0 Å². The predicted molar refractivity (Wildman–Crippen MR) is 44.0 cm³/mol. The van der Waals surface area contributed by atoms with Crippen molar-refractivity contribution in [3.05, 3.63) is 0 Å². The van der Waals surface area contributed by atoms with Crippen LogP contribution in [-0.4, -0.2) is 6.26 Å². The number of thiol groups is 1. The van der Waals surface area contributed by atoms with Crippen molar-refractivity contribution in [2.24, 2.45) is 0 Å². The van der Waals surface area contributed by atoms with Crippen molar-refractivity contribution >= 4 is 44.4 Å². The molecule has 0 saturated carbocycles. The SMILES string of the molecule is CSSNNSS. The summed E-state index contributed by atoms with van der Waals surface area (Å²) in [5, 5.41) is 0. The van der Waals surface area contributed by atoms with Gasteiger partial charge >= 0.3 is 0 Å². The summed E-state index contributed by atoms with van der Waals surface area (Å²) < 4.78 is 0. The Labute approximate surface area is 60.4 Å². The summed E-state index contributed by atoms with van der Waals surface area (Å²) in [4.78, 5) is 5.52. The number of nitrogens with one attached hydrogen (secondary N) is 2. The van der Waals surface area contributed by atoms with E-state index < -0.39 is 0 Å². The fourth-order valence-electron chi connectivity index (χ4n) is 0.0773. The third kappa shape index (κ3) is 7.32. The molecule has 6 heteroatoms. The highest BCUT2D eigenvalue weighted by atomic mass is 33.1. The molecule has 0 saturated heterocycles. The molecule has 0 rings (SSSR count). The summed E-state index contributed by atoms with van der Waals surface area (Å²) in [6, 6.07) is 0. The predicted octanol–water partition coefficient (Wildman–Crippen LogP) is 1.50. The van der Waals surface area contributed by atoms with Gasteiger partial charge in [-0.3, -0.25) is 0 Å². The molecule has 0 unspecified atom stereocenters. The van der Waals surface area contributed by atoms with Crippen LogP contribution in [0.3, 0.4) is 0 Å². The fraction of sp³-hybridized carbons (Fsp3) is 1.00. The standard InChI is InChI=1S/CH6N2S4/c1-5-7-3-2-6-4/h2-4H,1H3. The zero-order valence-electron chi connectivity index (χ0n) is 3.67. The lowest BCUT2D eigenvalue weighted by molar-refractivity contribution is 1.02. The van der Waals surface area contributed by atoms with Gasteiger partial charge < -0.3 is 0 Å². The van der Waals surface area contributed by atoms with Crippen molar-refractivity contribution in [2.45, 2.75) is 0 Å². The van der Waals surface area contributed by atoms with E-state index >= 15 is 0 Å². The zero-order valence-corrected chi connectivity index (χ0v) is 7.02. The van der Waals surface area contributed by atoms with Gasteiger partial charge in [-0.05, 0) is 6.26 Å². The minimum atomic E-state index is 1.24. The van der Waals surface area contributed by atoms with Gasteiger partial charge in [0.2, 0.25) is 0 Å². The summed E-state index contributed by atoms with van der Waals surface area (Å²) in [5.41, 5.74) is 0. The van der Waals surface area contributed by atoms with Gasteiger partial charge in [-0.1, -0.05) is 22.5 Å². The maximum Gasteiger partial charge on any atom is 0.00417 e. The van der Waals surface area contributed by atoms with E-state index in [0.717, 1.165) is 0 Å². The fourth-order valence-corrected chi connectivity index (χ4v) is 1.34. The van der Waals surface area contributed by atoms with Crippen molar-refractivity contribution in [3.63, 3.8) is 0 Å². The Balaban J connectivity index is 2.45. The second kappa shape index (κ2) is 7.32. The Morgan fingerprint density at radius 3 is 2.57 bits per heavy atom. The van der Waals surface area contributed by atoms with E-state index in [1.54, 1.807) is 10.8 Å². The van der Waals surface area contributed by atoms with Gasteiger partial charge in [0.25, 0.3) is 0 Å². The topological polar surface area (TPSA) is 24.1 Å². The summed E-state index contributed by atoms with van der Waals surface area (Å²) in [5.74, 6) is 0. The molecule has 0 fully saturated rings. The number of rotatable bonds is 4. The van der Waals surface area contributed by atoms with Crippen LogP contribution >= 0.6 is 44.4 Å². The van der Waals surface area contributed by atoms with Gasteiger partial charge in [-0.2, -0.15) is 9.66 Å². The normalized spacial score (nSPS) is 9.43. The third-order valence-electron chi connectivity index (χ3n) is 0.212. The number of hydrazine groups is 1. The molecule has 0 aliphatic rings. The lowest BCUT2D eigenvalue weighted by Gasteiger charge is -1.95. The van der Waals surface area contributed by atoms with Gasteiger partial charge in [0.05, 0.1) is 0 Å². The maximum absolute atomic E-state index is 3.81. The summed E-state index contributed by atoms with van der Waals surface area (Å²) in [6.07, 6.45) is 1.99. The molecular formula is CH6N2S4.